The number of nitrogens with zero attached hydrogens (tertiary/aromatic N) is 2. The lowest BCUT2D eigenvalue weighted by Gasteiger charge is -2.29. The van der Waals surface area contributed by atoms with Gasteiger partial charge in [-0.1, -0.05) is 11.3 Å². The summed E-state index contributed by atoms with van der Waals surface area (Å²) in [6.07, 6.45) is 0.0698. The molecule has 1 atom stereocenters. The summed E-state index contributed by atoms with van der Waals surface area (Å²) >= 11 is 1.22. The van der Waals surface area contributed by atoms with Crippen molar-refractivity contribution in [3.05, 3.63) is 28.8 Å². The van der Waals surface area contributed by atoms with E-state index in [9.17, 15) is 9.59 Å². The molecular weight excluding hydrogens is 342 g/mol. The number of carbonyl (C=O) groups excluding carboxylic acids is 2. The van der Waals surface area contributed by atoms with E-state index in [1.54, 1.807) is 25.3 Å². The first-order chi connectivity index (χ1) is 11.8. The van der Waals surface area contributed by atoms with E-state index in [1.807, 2.05) is 13.8 Å². The zero-order valence-corrected chi connectivity index (χ0v) is 14.9. The summed E-state index contributed by atoms with van der Waals surface area (Å²) < 4.78 is 5.23. The number of hydrogen-bond acceptors (Lipinski definition) is 7. The fraction of sp³-hybridized carbons (Fsp3) is 0.375. The van der Waals surface area contributed by atoms with Gasteiger partial charge in [0.1, 0.15) is 10.8 Å². The van der Waals surface area contributed by atoms with Crippen molar-refractivity contribution in [1.29, 1.82) is 0 Å². The average molecular weight is 361 g/mol. The van der Waals surface area contributed by atoms with Crippen LogP contribution in [0.5, 0.6) is 5.75 Å². The molecule has 2 heterocycles. The summed E-state index contributed by atoms with van der Waals surface area (Å²) in [4.78, 5) is 24.9. The minimum atomic E-state index is -0.751. The average Bonchev–Trinajstić information content (AvgIpc) is 3.00. The second-order valence-corrected chi connectivity index (χ2v) is 7.33. The Kier molecular flexibility index (Phi) is 4.34. The van der Waals surface area contributed by atoms with Gasteiger partial charge in [-0.2, -0.15) is 0 Å². The topological polar surface area (TPSA) is 119 Å². The van der Waals surface area contributed by atoms with E-state index in [2.05, 4.69) is 20.8 Å². The Morgan fingerprint density at radius 3 is 2.84 bits per heavy atom. The van der Waals surface area contributed by atoms with Gasteiger partial charge in [-0.3, -0.25) is 9.59 Å². The smallest absolute Gasteiger partial charge is 0.228 e. The largest absolute Gasteiger partial charge is 0.497 e. The molecule has 0 fully saturated rings. The standard InChI is InChI=1S/C16H19N5O3S/c1-16(2,14-20-21-15(17)25-14)19-13(23)10-7-12(22)18-11-5-4-8(24-3)6-9(10)11/h4-6,10H,7H2,1-3H3,(H2,17,21)(H,18,22)(H,19,23). The fourth-order valence-electron chi connectivity index (χ4n) is 2.74. The predicted octanol–water partition coefficient (Wildman–Crippen LogP) is 1.61. The van der Waals surface area contributed by atoms with E-state index in [0.29, 0.717) is 21.6 Å². The molecule has 0 saturated carbocycles. The molecule has 2 aromatic rings. The van der Waals surface area contributed by atoms with E-state index < -0.39 is 11.5 Å². The Labute approximate surface area is 148 Å². The number of hydrogen-bond donors (Lipinski definition) is 3. The molecule has 0 saturated heterocycles. The Hall–Kier alpha value is -2.68. The maximum Gasteiger partial charge on any atom is 0.228 e. The van der Waals surface area contributed by atoms with Crippen LogP contribution in [0.2, 0.25) is 0 Å². The van der Waals surface area contributed by atoms with Crippen molar-refractivity contribution < 1.29 is 14.3 Å². The summed E-state index contributed by atoms with van der Waals surface area (Å²) in [5.74, 6) is -0.439. The summed E-state index contributed by atoms with van der Waals surface area (Å²) in [5.41, 5.74) is 6.22. The molecule has 132 valence electrons. The third-order valence-corrected chi connectivity index (χ3v) is 5.10. The first kappa shape index (κ1) is 17.2. The zero-order valence-electron chi connectivity index (χ0n) is 14.1. The molecule has 0 radical (unpaired) electrons. The highest BCUT2D eigenvalue weighted by molar-refractivity contribution is 7.15. The first-order valence-corrected chi connectivity index (χ1v) is 8.51. The van der Waals surface area contributed by atoms with E-state index in [-0.39, 0.29) is 18.2 Å². The highest BCUT2D eigenvalue weighted by atomic mass is 32.1. The summed E-state index contributed by atoms with van der Waals surface area (Å²) in [5, 5.41) is 14.5. The van der Waals surface area contributed by atoms with E-state index in [1.165, 1.54) is 11.3 Å². The van der Waals surface area contributed by atoms with Gasteiger partial charge >= 0.3 is 0 Å². The van der Waals surface area contributed by atoms with Crippen molar-refractivity contribution in [1.82, 2.24) is 15.5 Å². The molecular formula is C16H19N5O3S. The van der Waals surface area contributed by atoms with Crippen LogP contribution in [-0.2, 0) is 15.1 Å². The number of anilines is 2. The Morgan fingerprint density at radius 1 is 1.44 bits per heavy atom. The Morgan fingerprint density at radius 2 is 2.20 bits per heavy atom. The van der Waals surface area contributed by atoms with Gasteiger partial charge in [0, 0.05) is 12.1 Å². The molecule has 1 unspecified atom stereocenters. The van der Waals surface area contributed by atoms with Crippen LogP contribution in [-0.4, -0.2) is 29.1 Å². The highest BCUT2D eigenvalue weighted by Gasteiger charge is 2.35. The van der Waals surface area contributed by atoms with Gasteiger partial charge in [-0.15, -0.1) is 10.2 Å². The lowest BCUT2D eigenvalue weighted by Crippen LogP contribution is -2.45. The molecule has 1 aliphatic rings. The number of ether oxygens (including phenoxy) is 1. The number of aromatic nitrogens is 2. The lowest BCUT2D eigenvalue weighted by molar-refractivity contribution is -0.127. The van der Waals surface area contributed by atoms with Gasteiger partial charge in [-0.25, -0.2) is 0 Å². The van der Waals surface area contributed by atoms with E-state index in [4.69, 9.17) is 10.5 Å². The number of carbonyl (C=O) groups is 2. The van der Waals surface area contributed by atoms with Crippen LogP contribution in [0.15, 0.2) is 18.2 Å². The van der Waals surface area contributed by atoms with Crippen molar-refractivity contribution >= 4 is 34.0 Å². The number of amides is 2. The monoisotopic (exact) mass is 361 g/mol. The quantitative estimate of drug-likeness (QED) is 0.761. The summed E-state index contributed by atoms with van der Waals surface area (Å²) in [7, 11) is 1.56. The molecule has 1 aromatic heterocycles. The molecule has 0 aliphatic carbocycles. The van der Waals surface area contributed by atoms with Crippen LogP contribution < -0.4 is 21.1 Å². The van der Waals surface area contributed by atoms with Gasteiger partial charge in [0.2, 0.25) is 16.9 Å². The Bertz CT molecular complexity index is 833. The zero-order chi connectivity index (χ0) is 18.2. The minimum absolute atomic E-state index is 0.0698. The predicted molar refractivity (Wildman–Crippen MR) is 94.5 cm³/mol. The van der Waals surface area contributed by atoms with Crippen molar-refractivity contribution in [2.24, 2.45) is 0 Å². The van der Waals surface area contributed by atoms with Crippen LogP contribution in [0.3, 0.4) is 0 Å². The number of nitrogens with two attached hydrogens (primary N) is 1. The van der Waals surface area contributed by atoms with Gasteiger partial charge < -0.3 is 21.1 Å². The number of benzene rings is 1. The van der Waals surface area contributed by atoms with Crippen LogP contribution in [0.25, 0.3) is 0 Å². The lowest BCUT2D eigenvalue weighted by atomic mass is 9.88. The maximum absolute atomic E-state index is 12.9. The number of nitrogen functional groups attached to an aromatic ring is 1. The fourth-order valence-corrected chi connectivity index (χ4v) is 3.40. The molecule has 8 nitrogen and oxygen atoms in total. The first-order valence-electron chi connectivity index (χ1n) is 7.69. The van der Waals surface area contributed by atoms with Gasteiger partial charge in [0.25, 0.3) is 0 Å². The van der Waals surface area contributed by atoms with Gasteiger partial charge in [0.15, 0.2) is 0 Å². The molecule has 3 rings (SSSR count). The number of methoxy groups -OCH3 is 1. The van der Waals surface area contributed by atoms with Gasteiger partial charge in [0.05, 0.1) is 18.6 Å². The number of fused-ring (bicyclic) bond motifs is 1. The van der Waals surface area contributed by atoms with Crippen LogP contribution >= 0.6 is 11.3 Å². The maximum atomic E-state index is 12.9. The van der Waals surface area contributed by atoms with Crippen molar-refractivity contribution in [3.63, 3.8) is 0 Å². The van der Waals surface area contributed by atoms with Crippen LogP contribution in [0.4, 0.5) is 10.8 Å². The molecule has 4 N–H and O–H groups in total. The second kappa shape index (κ2) is 6.32. The molecule has 1 aromatic carbocycles. The van der Waals surface area contributed by atoms with Gasteiger partial charge in [-0.05, 0) is 37.6 Å². The summed E-state index contributed by atoms with van der Waals surface area (Å²) in [6.45, 7) is 3.64. The second-order valence-electron chi connectivity index (χ2n) is 6.32. The van der Waals surface area contributed by atoms with Crippen molar-refractivity contribution in [2.75, 3.05) is 18.2 Å². The minimum Gasteiger partial charge on any atom is -0.497 e. The molecule has 0 spiro atoms. The van der Waals surface area contributed by atoms with Crippen LogP contribution in [0, 0.1) is 0 Å². The van der Waals surface area contributed by atoms with Crippen molar-refractivity contribution in [3.8, 4) is 5.75 Å². The SMILES string of the molecule is COc1ccc2c(c1)C(C(=O)NC(C)(C)c1nnc(N)s1)CC(=O)N2. The van der Waals surface area contributed by atoms with Crippen LogP contribution in [0.1, 0.15) is 36.8 Å². The number of nitrogens with one attached hydrogen (secondary N) is 2. The molecule has 0 bridgehead atoms. The normalized spacial score (nSPS) is 16.8. The third-order valence-electron chi connectivity index (χ3n) is 4.03. The molecule has 25 heavy (non-hydrogen) atoms. The Balaban J connectivity index is 1.88. The number of rotatable bonds is 4. The van der Waals surface area contributed by atoms with Crippen molar-refractivity contribution in [2.45, 2.75) is 31.7 Å². The molecule has 9 heteroatoms. The molecule has 2 amide bonds. The van der Waals surface area contributed by atoms with E-state index in [0.717, 1.165) is 5.56 Å². The summed E-state index contributed by atoms with van der Waals surface area (Å²) in [6, 6.07) is 5.25. The molecule has 1 aliphatic heterocycles. The third kappa shape index (κ3) is 3.41. The van der Waals surface area contributed by atoms with E-state index >= 15 is 0 Å². The highest BCUT2D eigenvalue weighted by Crippen LogP contribution is 2.36.